The fourth-order valence-corrected chi connectivity index (χ4v) is 2.21. The second-order valence-corrected chi connectivity index (χ2v) is 5.43. The highest BCUT2D eigenvalue weighted by Crippen LogP contribution is 2.33. The summed E-state index contributed by atoms with van der Waals surface area (Å²) in [6.45, 7) is 0.519. The highest BCUT2D eigenvalue weighted by molar-refractivity contribution is 6.30. The summed E-state index contributed by atoms with van der Waals surface area (Å²) in [5, 5.41) is 2.38. The minimum Gasteiger partial charge on any atom is -0.341 e. The first-order valence-corrected chi connectivity index (χ1v) is 7.31. The molecular formula is C15H15ClF3N3O. The summed E-state index contributed by atoms with van der Waals surface area (Å²) >= 11 is 5.68. The Kier molecular flexibility index (Phi) is 5.65. The fourth-order valence-electron chi connectivity index (χ4n) is 2.08. The van der Waals surface area contributed by atoms with Crippen molar-refractivity contribution in [2.45, 2.75) is 31.6 Å². The van der Waals surface area contributed by atoms with Crippen molar-refractivity contribution >= 4 is 17.5 Å². The number of aryl methyl sites for hydroxylation is 1. The number of rotatable bonds is 6. The second kappa shape index (κ2) is 7.50. The van der Waals surface area contributed by atoms with Crippen LogP contribution in [0.2, 0.25) is 5.02 Å². The van der Waals surface area contributed by atoms with E-state index in [1.165, 1.54) is 24.3 Å². The van der Waals surface area contributed by atoms with Gasteiger partial charge in [0.15, 0.2) is 6.04 Å². The fraction of sp³-hybridized carbons (Fsp3) is 0.333. The molecule has 8 heteroatoms. The number of halogens is 4. The Balaban J connectivity index is 1.94. The van der Waals surface area contributed by atoms with Crippen molar-refractivity contribution in [3.8, 4) is 0 Å². The van der Waals surface area contributed by atoms with Gasteiger partial charge in [0.05, 0.1) is 6.33 Å². The quantitative estimate of drug-likeness (QED) is 0.867. The number of imidazole rings is 1. The maximum absolute atomic E-state index is 13.2. The Bertz CT molecular complexity index is 626. The number of aromatic nitrogens is 2. The van der Waals surface area contributed by atoms with Crippen LogP contribution in [0.3, 0.4) is 0 Å². The molecule has 1 aromatic heterocycles. The van der Waals surface area contributed by atoms with Crippen molar-refractivity contribution < 1.29 is 18.0 Å². The average Bonchev–Trinajstić information content (AvgIpc) is 2.98. The molecule has 1 heterocycles. The molecule has 4 nitrogen and oxygen atoms in total. The summed E-state index contributed by atoms with van der Waals surface area (Å²) in [5.41, 5.74) is -0.0511. The van der Waals surface area contributed by atoms with Gasteiger partial charge in [0.1, 0.15) is 0 Å². The minimum atomic E-state index is -4.58. The largest absolute Gasteiger partial charge is 0.412 e. The molecule has 0 spiro atoms. The minimum absolute atomic E-state index is 0.00164. The van der Waals surface area contributed by atoms with Gasteiger partial charge in [-0.3, -0.25) is 4.79 Å². The van der Waals surface area contributed by atoms with E-state index in [0.717, 1.165) is 0 Å². The van der Waals surface area contributed by atoms with Gasteiger partial charge < -0.3 is 9.88 Å². The molecule has 0 fully saturated rings. The summed E-state index contributed by atoms with van der Waals surface area (Å²) < 4.78 is 41.2. The molecule has 0 radical (unpaired) electrons. The lowest BCUT2D eigenvalue weighted by atomic mass is 10.1. The number of nitrogens with zero attached hydrogens (tertiary/aromatic N) is 2. The van der Waals surface area contributed by atoms with Gasteiger partial charge >= 0.3 is 6.18 Å². The number of hydrogen-bond donors (Lipinski definition) is 1. The molecule has 0 aliphatic carbocycles. The van der Waals surface area contributed by atoms with E-state index in [-0.39, 0.29) is 12.0 Å². The van der Waals surface area contributed by atoms with E-state index in [0.29, 0.717) is 18.0 Å². The van der Waals surface area contributed by atoms with E-state index in [1.807, 2.05) is 5.32 Å². The van der Waals surface area contributed by atoms with Crippen LogP contribution in [0.1, 0.15) is 24.4 Å². The van der Waals surface area contributed by atoms with Gasteiger partial charge in [-0.25, -0.2) is 4.98 Å². The molecule has 2 aromatic rings. The normalized spacial score (nSPS) is 12.9. The van der Waals surface area contributed by atoms with Gasteiger partial charge in [0.25, 0.3) is 0 Å². The third kappa shape index (κ3) is 5.28. The molecule has 0 aliphatic rings. The zero-order valence-corrected chi connectivity index (χ0v) is 12.8. The van der Waals surface area contributed by atoms with Gasteiger partial charge in [-0.15, -0.1) is 0 Å². The first-order chi connectivity index (χ1) is 10.9. The van der Waals surface area contributed by atoms with Crippen LogP contribution >= 0.6 is 11.6 Å². The SMILES string of the molecule is O=C(CCCn1ccnc1)NC(c1ccc(Cl)cc1)C(F)(F)F. The predicted molar refractivity (Wildman–Crippen MR) is 79.9 cm³/mol. The number of carbonyl (C=O) groups is 1. The maximum Gasteiger partial charge on any atom is 0.412 e. The zero-order chi connectivity index (χ0) is 16.9. The Morgan fingerprint density at radius 2 is 2.00 bits per heavy atom. The number of alkyl halides is 3. The molecule has 1 atom stereocenters. The molecule has 0 bridgehead atoms. The molecule has 1 aromatic carbocycles. The van der Waals surface area contributed by atoms with E-state index < -0.39 is 18.1 Å². The van der Waals surface area contributed by atoms with Gasteiger partial charge in [-0.1, -0.05) is 23.7 Å². The third-order valence-electron chi connectivity index (χ3n) is 3.22. The average molecular weight is 346 g/mol. The van der Waals surface area contributed by atoms with E-state index in [4.69, 9.17) is 11.6 Å². The standard InChI is InChI=1S/C15H15ClF3N3O/c16-12-5-3-11(4-6-12)14(15(17,18)19)21-13(23)2-1-8-22-9-7-20-10-22/h3-7,9-10,14H,1-2,8H2,(H,21,23). The molecule has 23 heavy (non-hydrogen) atoms. The second-order valence-electron chi connectivity index (χ2n) is 5.00. The lowest BCUT2D eigenvalue weighted by Gasteiger charge is -2.22. The van der Waals surface area contributed by atoms with Crippen molar-refractivity contribution in [3.05, 3.63) is 53.6 Å². The highest BCUT2D eigenvalue weighted by atomic mass is 35.5. The lowest BCUT2D eigenvalue weighted by molar-refractivity contribution is -0.163. The van der Waals surface area contributed by atoms with Crippen LogP contribution in [0.15, 0.2) is 43.0 Å². The molecule has 124 valence electrons. The Hall–Kier alpha value is -2.02. The van der Waals surface area contributed by atoms with Crippen LogP contribution in [0, 0.1) is 0 Å². The number of amides is 1. The van der Waals surface area contributed by atoms with Crippen molar-refractivity contribution in [2.24, 2.45) is 0 Å². The summed E-state index contributed by atoms with van der Waals surface area (Å²) in [7, 11) is 0. The van der Waals surface area contributed by atoms with Gasteiger partial charge in [0.2, 0.25) is 5.91 Å². The van der Waals surface area contributed by atoms with Crippen LogP contribution in [0.4, 0.5) is 13.2 Å². The smallest absolute Gasteiger partial charge is 0.341 e. The first kappa shape index (κ1) is 17.3. The van der Waals surface area contributed by atoms with E-state index in [1.54, 1.807) is 23.3 Å². The number of nitrogens with one attached hydrogen (secondary N) is 1. The van der Waals surface area contributed by atoms with E-state index in [9.17, 15) is 18.0 Å². The summed E-state index contributed by atoms with van der Waals surface area (Å²) in [6.07, 6.45) is 0.758. The van der Waals surface area contributed by atoms with E-state index in [2.05, 4.69) is 4.98 Å². The Morgan fingerprint density at radius 1 is 1.30 bits per heavy atom. The molecule has 0 saturated carbocycles. The summed E-state index contributed by atoms with van der Waals surface area (Å²) in [5.74, 6) is -0.651. The van der Waals surface area contributed by atoms with Gasteiger partial charge in [-0.05, 0) is 24.1 Å². The third-order valence-corrected chi connectivity index (χ3v) is 3.47. The monoisotopic (exact) mass is 345 g/mol. The van der Waals surface area contributed by atoms with Crippen LogP contribution in [0.5, 0.6) is 0 Å². The molecular weight excluding hydrogens is 331 g/mol. The Morgan fingerprint density at radius 3 is 2.57 bits per heavy atom. The number of carbonyl (C=O) groups excluding carboxylic acids is 1. The molecule has 2 rings (SSSR count). The van der Waals surface area contributed by atoms with Crippen molar-refractivity contribution in [3.63, 3.8) is 0 Å². The van der Waals surface area contributed by atoms with Crippen molar-refractivity contribution in [1.29, 1.82) is 0 Å². The molecule has 0 aliphatic heterocycles. The lowest BCUT2D eigenvalue weighted by Crippen LogP contribution is -2.38. The van der Waals surface area contributed by atoms with E-state index >= 15 is 0 Å². The molecule has 1 N–H and O–H groups in total. The summed E-state index contributed by atoms with van der Waals surface area (Å²) in [6, 6.07) is 3.20. The van der Waals surface area contributed by atoms with Crippen molar-refractivity contribution in [2.75, 3.05) is 0 Å². The van der Waals surface area contributed by atoms with Crippen LogP contribution in [0.25, 0.3) is 0 Å². The van der Waals surface area contributed by atoms with Gasteiger partial charge in [0, 0.05) is 30.4 Å². The molecule has 0 saturated heterocycles. The summed E-state index contributed by atoms with van der Waals surface area (Å²) in [4.78, 5) is 15.7. The molecule has 1 amide bonds. The molecule has 1 unspecified atom stereocenters. The Labute approximate surface area is 136 Å². The van der Waals surface area contributed by atoms with Crippen LogP contribution in [-0.4, -0.2) is 21.6 Å². The topological polar surface area (TPSA) is 46.9 Å². The zero-order valence-electron chi connectivity index (χ0n) is 12.1. The maximum atomic E-state index is 13.2. The highest BCUT2D eigenvalue weighted by Gasteiger charge is 2.41. The van der Waals surface area contributed by atoms with Crippen LogP contribution < -0.4 is 5.32 Å². The van der Waals surface area contributed by atoms with Crippen molar-refractivity contribution in [1.82, 2.24) is 14.9 Å². The number of benzene rings is 1. The predicted octanol–water partition coefficient (Wildman–Crippen LogP) is 3.74. The van der Waals surface area contributed by atoms with Crippen LogP contribution in [-0.2, 0) is 11.3 Å². The van der Waals surface area contributed by atoms with Gasteiger partial charge in [-0.2, -0.15) is 13.2 Å². The first-order valence-electron chi connectivity index (χ1n) is 6.93. The number of hydrogen-bond acceptors (Lipinski definition) is 2.